The van der Waals surface area contributed by atoms with Gasteiger partial charge in [0.05, 0.1) is 0 Å². The van der Waals surface area contributed by atoms with Crippen molar-refractivity contribution in [3.8, 4) is 0 Å². The Kier molecular flexibility index (Phi) is 22.1. The third kappa shape index (κ3) is 16.5. The molecule has 0 saturated carbocycles. The molecular weight excluding hydrogens is 382 g/mol. The van der Waals surface area contributed by atoms with Crippen molar-refractivity contribution in [3.05, 3.63) is 59.7 Å². The van der Waals surface area contributed by atoms with Crippen LogP contribution in [0.2, 0.25) is 13.1 Å². The van der Waals surface area contributed by atoms with Gasteiger partial charge in [-0.25, -0.2) is 23.3 Å². The topological polar surface area (TPSA) is 0 Å². The summed E-state index contributed by atoms with van der Waals surface area (Å²) in [6.45, 7) is 8.58. The summed E-state index contributed by atoms with van der Waals surface area (Å²) in [6.07, 6.45) is 0. The summed E-state index contributed by atoms with van der Waals surface area (Å²) in [5, 5.41) is 0. The molecule has 97 valence electrons. The first kappa shape index (κ1) is 22.7. The molecule has 0 atom stereocenters. The summed E-state index contributed by atoms with van der Waals surface area (Å²) in [5.74, 6) is 0. The molecule has 0 unspecified atom stereocenters. The van der Waals surface area contributed by atoms with Crippen LogP contribution in [0.15, 0.2) is 48.5 Å². The third-order valence-electron chi connectivity index (χ3n) is 1.66. The van der Waals surface area contributed by atoms with Crippen molar-refractivity contribution >= 4 is 21.9 Å². The molecule has 0 aliphatic heterocycles. The zero-order valence-corrected chi connectivity index (χ0v) is 15.6. The van der Waals surface area contributed by atoms with Crippen molar-refractivity contribution in [1.82, 2.24) is 0 Å². The van der Waals surface area contributed by atoms with Gasteiger partial charge in [-0.3, -0.25) is 0 Å². The Bertz CT molecular complexity index is 269. The standard InChI is InChI=1S/2C6H7.C2H7Si.ClH.Sm/c2*1-6-4-2-3-5-6;1-3-2;;/h2*2-5H,1H3;3H,1-2H3;1H;/q2*-1;;;. The first-order valence-corrected chi connectivity index (χ1v) is 7.62. The molecule has 0 aromatic heterocycles. The van der Waals surface area contributed by atoms with Crippen molar-refractivity contribution < 1.29 is 40.4 Å². The molecule has 0 fully saturated rings. The van der Waals surface area contributed by atoms with Crippen LogP contribution in [0.25, 0.3) is 0 Å². The van der Waals surface area contributed by atoms with Crippen molar-refractivity contribution in [2.24, 2.45) is 0 Å². The Morgan fingerprint density at radius 2 is 1.18 bits per heavy atom. The van der Waals surface area contributed by atoms with Gasteiger partial charge < -0.3 is 0 Å². The number of aryl methyl sites for hydroxylation is 2. The molecule has 0 nitrogen and oxygen atoms in total. The summed E-state index contributed by atoms with van der Waals surface area (Å²) in [5.41, 5.74) is 2.69. The van der Waals surface area contributed by atoms with Crippen LogP contribution in [0.1, 0.15) is 11.1 Å². The number of hydrogen-bond donors (Lipinski definition) is 0. The molecule has 0 heterocycles. The molecule has 0 N–H and O–H groups in total. The summed E-state index contributed by atoms with van der Waals surface area (Å²) < 4.78 is 0. The molecule has 2 aromatic carbocycles. The van der Waals surface area contributed by atoms with Crippen LogP contribution in [-0.4, -0.2) is 9.52 Å². The largest absolute Gasteiger partial charge is 0.211 e. The predicted octanol–water partition coefficient (Wildman–Crippen LogP) is 4.37. The second kappa shape index (κ2) is 16.5. The Balaban J connectivity index is -0.000000173. The first-order valence-electron chi connectivity index (χ1n) is 5.31. The molecule has 0 saturated heterocycles. The second-order valence-electron chi connectivity index (χ2n) is 3.50. The maximum Gasteiger partial charge on any atom is 0.0213 e. The van der Waals surface area contributed by atoms with Gasteiger partial charge in [0.25, 0.3) is 0 Å². The van der Waals surface area contributed by atoms with E-state index >= 15 is 0 Å². The van der Waals surface area contributed by atoms with Crippen molar-refractivity contribution in [1.29, 1.82) is 0 Å². The van der Waals surface area contributed by atoms with Crippen LogP contribution < -0.4 is 0 Å². The van der Waals surface area contributed by atoms with E-state index in [0.29, 0.717) is 0 Å². The van der Waals surface area contributed by atoms with Gasteiger partial charge in [0.2, 0.25) is 0 Å². The van der Waals surface area contributed by atoms with Gasteiger partial charge in [-0.15, -0.1) is 12.4 Å². The molecule has 0 aliphatic carbocycles. The van der Waals surface area contributed by atoms with Gasteiger partial charge in [0.15, 0.2) is 0 Å². The van der Waals surface area contributed by atoms with Crippen molar-refractivity contribution in [3.63, 3.8) is 0 Å². The number of halogens is 1. The van der Waals surface area contributed by atoms with Crippen LogP contribution in [0.4, 0.5) is 0 Å². The molecule has 0 aliphatic rings. The number of rotatable bonds is 0. The van der Waals surface area contributed by atoms with Crippen LogP contribution in [0.3, 0.4) is 0 Å². The molecule has 0 bridgehead atoms. The van der Waals surface area contributed by atoms with E-state index < -0.39 is 0 Å². The Morgan fingerprint density at radius 3 is 1.24 bits per heavy atom. The normalized spacial score (nSPS) is 7.29. The molecular formula is C14H22ClSiSm-2. The smallest absolute Gasteiger partial charge is 0.0213 e. The van der Waals surface area contributed by atoms with Crippen LogP contribution in [0.5, 0.6) is 0 Å². The minimum atomic E-state index is 0. The summed E-state index contributed by atoms with van der Waals surface area (Å²) in [4.78, 5) is 0. The Morgan fingerprint density at radius 1 is 0.882 bits per heavy atom. The van der Waals surface area contributed by atoms with Gasteiger partial charge in [0.1, 0.15) is 0 Å². The van der Waals surface area contributed by atoms with Crippen LogP contribution >= 0.6 is 12.4 Å². The molecule has 1 radical (unpaired) electrons. The quantitative estimate of drug-likeness (QED) is 0.452. The Labute approximate surface area is 147 Å². The van der Waals surface area contributed by atoms with Gasteiger partial charge in [0, 0.05) is 49.9 Å². The molecule has 0 spiro atoms. The number of hydrogen-bond acceptors (Lipinski definition) is 0. The van der Waals surface area contributed by atoms with Gasteiger partial charge in [-0.1, -0.05) is 26.9 Å². The van der Waals surface area contributed by atoms with E-state index in [-0.39, 0.29) is 52.8 Å². The van der Waals surface area contributed by atoms with Crippen molar-refractivity contribution in [2.45, 2.75) is 26.9 Å². The first-order chi connectivity index (χ1) is 7.20. The SMILES string of the molecule is C[SiH]C.Cc1cc[cH-]c1.Cc1cc[cH-]c1.Cl.[Sm]. The zero-order chi connectivity index (χ0) is 11.5. The minimum Gasteiger partial charge on any atom is -0.211 e. The maximum atomic E-state index is 2.21. The van der Waals surface area contributed by atoms with Gasteiger partial charge in [-0.05, 0) is 0 Å². The summed E-state index contributed by atoms with van der Waals surface area (Å²) in [7, 11) is 0.750. The van der Waals surface area contributed by atoms with Gasteiger partial charge in [-0.2, -0.15) is 36.4 Å². The summed E-state index contributed by atoms with van der Waals surface area (Å²) >= 11 is 0. The minimum absolute atomic E-state index is 0. The fourth-order valence-corrected chi connectivity index (χ4v) is 0.940. The average Bonchev–Trinajstić information content (AvgIpc) is 2.81. The Hall–Kier alpha value is 0.545. The van der Waals surface area contributed by atoms with E-state index in [4.69, 9.17) is 0 Å². The van der Waals surface area contributed by atoms with E-state index in [1.165, 1.54) is 11.1 Å². The van der Waals surface area contributed by atoms with E-state index in [1.807, 2.05) is 24.3 Å². The average molecular weight is 404 g/mol. The zero-order valence-electron chi connectivity index (χ0n) is 11.0. The van der Waals surface area contributed by atoms with Crippen LogP contribution in [0, 0.1) is 54.2 Å². The van der Waals surface area contributed by atoms with E-state index in [0.717, 1.165) is 9.52 Å². The predicted molar refractivity (Wildman–Crippen MR) is 79.7 cm³/mol. The van der Waals surface area contributed by atoms with E-state index in [2.05, 4.69) is 51.2 Å². The van der Waals surface area contributed by atoms with E-state index in [9.17, 15) is 0 Å². The fourth-order valence-electron chi connectivity index (χ4n) is 0.940. The van der Waals surface area contributed by atoms with Gasteiger partial charge >= 0.3 is 0 Å². The molecule has 2 rings (SSSR count). The molecule has 2 aromatic rings. The van der Waals surface area contributed by atoms with E-state index in [1.54, 1.807) is 0 Å². The van der Waals surface area contributed by atoms with Crippen molar-refractivity contribution in [2.75, 3.05) is 0 Å². The molecule has 0 amide bonds. The van der Waals surface area contributed by atoms with Crippen LogP contribution in [-0.2, 0) is 0 Å². The monoisotopic (exact) mass is 405 g/mol. The molecule has 3 heteroatoms. The summed E-state index contributed by atoms with van der Waals surface area (Å²) in [6, 6.07) is 16.5. The second-order valence-corrected chi connectivity index (χ2v) is 4.66. The molecule has 17 heavy (non-hydrogen) atoms. The maximum absolute atomic E-state index is 2.21. The fraction of sp³-hybridized carbons (Fsp3) is 0.286. The third-order valence-corrected chi connectivity index (χ3v) is 1.66.